The first-order valence-corrected chi connectivity index (χ1v) is 10.4. The summed E-state index contributed by atoms with van der Waals surface area (Å²) in [6.07, 6.45) is 0.0597. The van der Waals surface area contributed by atoms with E-state index in [1.165, 1.54) is 6.92 Å². The first kappa shape index (κ1) is 22.0. The van der Waals surface area contributed by atoms with Gasteiger partial charge in [0.1, 0.15) is 11.8 Å². The molecular weight excluding hydrogens is 384 g/mol. The number of para-hydroxylation sites is 1. The predicted molar refractivity (Wildman–Crippen MR) is 106 cm³/mol. The molecular formula is C18H26N4O5S. The Morgan fingerprint density at radius 2 is 1.96 bits per heavy atom. The lowest BCUT2D eigenvalue weighted by atomic mass is 10.2. The van der Waals surface area contributed by atoms with E-state index >= 15 is 0 Å². The van der Waals surface area contributed by atoms with Crippen molar-refractivity contribution in [1.82, 2.24) is 20.3 Å². The van der Waals surface area contributed by atoms with Crippen LogP contribution in [0, 0.1) is 0 Å². The topological polar surface area (TPSA) is 121 Å². The molecule has 0 saturated heterocycles. The van der Waals surface area contributed by atoms with E-state index in [-0.39, 0.29) is 6.42 Å². The van der Waals surface area contributed by atoms with Crippen LogP contribution >= 0.6 is 0 Å². The number of hydrogen-bond donors (Lipinski definition) is 3. The Morgan fingerprint density at radius 3 is 2.57 bits per heavy atom. The SMILES string of the molecule is CNN(C)Cc1cc2ccccc2n1CCC(=O)NC(CS(=O)(=O)O)C(C)=O. The van der Waals surface area contributed by atoms with Gasteiger partial charge in [0.25, 0.3) is 10.1 Å². The number of nitrogens with one attached hydrogen (secondary N) is 2. The molecule has 1 aromatic carbocycles. The van der Waals surface area contributed by atoms with E-state index < -0.39 is 33.6 Å². The maximum absolute atomic E-state index is 12.3. The Balaban J connectivity index is 2.14. The first-order chi connectivity index (χ1) is 13.1. The molecule has 2 aromatic rings. The summed E-state index contributed by atoms with van der Waals surface area (Å²) in [5.74, 6) is -1.83. The molecule has 0 aliphatic carbocycles. The number of carbonyl (C=O) groups is 2. The van der Waals surface area contributed by atoms with Gasteiger partial charge in [0, 0.05) is 31.2 Å². The van der Waals surface area contributed by atoms with Crippen LogP contribution in [0.1, 0.15) is 19.0 Å². The minimum atomic E-state index is -4.38. The maximum Gasteiger partial charge on any atom is 0.267 e. The highest BCUT2D eigenvalue weighted by Crippen LogP contribution is 2.21. The standard InChI is InChI=1S/C18H26N4O5S/c1-13(23)16(12-28(25,26)27)20-18(24)8-9-22-15(11-21(3)19-2)10-14-6-4-5-7-17(14)22/h4-7,10,16,19H,8-9,11-12H2,1-3H3,(H,20,24)(H,25,26,27). The number of Topliss-reactive ketones (excluding diaryl/α,β-unsaturated/α-hetero) is 1. The smallest absolute Gasteiger partial charge is 0.267 e. The molecule has 2 rings (SSSR count). The summed E-state index contributed by atoms with van der Waals surface area (Å²) in [6, 6.07) is 8.61. The summed E-state index contributed by atoms with van der Waals surface area (Å²) in [6.45, 7) is 2.15. The van der Waals surface area contributed by atoms with Crippen LogP contribution in [0.5, 0.6) is 0 Å². The zero-order valence-electron chi connectivity index (χ0n) is 16.2. The van der Waals surface area contributed by atoms with Crippen molar-refractivity contribution in [3.8, 4) is 0 Å². The van der Waals surface area contributed by atoms with Crippen LogP contribution < -0.4 is 10.7 Å². The van der Waals surface area contributed by atoms with E-state index in [0.29, 0.717) is 13.1 Å². The average Bonchev–Trinajstić information content (AvgIpc) is 2.95. The van der Waals surface area contributed by atoms with Gasteiger partial charge in [-0.15, -0.1) is 0 Å². The van der Waals surface area contributed by atoms with Gasteiger partial charge in [0.15, 0.2) is 5.78 Å². The monoisotopic (exact) mass is 410 g/mol. The van der Waals surface area contributed by atoms with Gasteiger partial charge >= 0.3 is 0 Å². The molecule has 10 heteroatoms. The van der Waals surface area contributed by atoms with Crippen molar-refractivity contribution >= 4 is 32.7 Å². The summed E-state index contributed by atoms with van der Waals surface area (Å²) in [7, 11) is -0.656. The van der Waals surface area contributed by atoms with E-state index in [1.807, 2.05) is 47.9 Å². The number of hydrogen-bond acceptors (Lipinski definition) is 6. The lowest BCUT2D eigenvalue weighted by Crippen LogP contribution is -2.44. The number of carbonyl (C=O) groups excluding carboxylic acids is 2. The number of ketones is 1. The van der Waals surface area contributed by atoms with Gasteiger partial charge in [-0.25, -0.2) is 5.01 Å². The molecule has 1 unspecified atom stereocenters. The number of rotatable bonds is 10. The fraction of sp³-hybridized carbons (Fsp3) is 0.444. The molecule has 0 saturated carbocycles. The fourth-order valence-electron chi connectivity index (χ4n) is 2.94. The summed E-state index contributed by atoms with van der Waals surface area (Å²) in [5.41, 5.74) is 5.02. The van der Waals surface area contributed by atoms with Crippen molar-refractivity contribution < 1.29 is 22.6 Å². The quantitative estimate of drug-likeness (QED) is 0.387. The Kier molecular flexibility index (Phi) is 7.30. The molecule has 1 aromatic heterocycles. The second kappa shape index (κ2) is 9.28. The third-order valence-electron chi connectivity index (χ3n) is 4.44. The van der Waals surface area contributed by atoms with Crippen LogP contribution in [0.15, 0.2) is 30.3 Å². The number of aromatic nitrogens is 1. The zero-order chi connectivity index (χ0) is 20.9. The van der Waals surface area contributed by atoms with Crippen LogP contribution in [-0.2, 0) is 32.8 Å². The molecule has 0 bridgehead atoms. The Morgan fingerprint density at radius 1 is 1.29 bits per heavy atom. The van der Waals surface area contributed by atoms with E-state index in [0.717, 1.165) is 16.6 Å². The Bertz CT molecular complexity index is 954. The van der Waals surface area contributed by atoms with Crippen LogP contribution in [-0.4, -0.2) is 60.1 Å². The number of aryl methyl sites for hydroxylation is 1. The predicted octanol–water partition coefficient (Wildman–Crippen LogP) is 0.559. The summed E-state index contributed by atoms with van der Waals surface area (Å²) in [4.78, 5) is 23.9. The molecule has 1 amide bonds. The number of hydrazine groups is 1. The van der Waals surface area contributed by atoms with Crippen LogP contribution in [0.4, 0.5) is 0 Å². The number of benzene rings is 1. The van der Waals surface area contributed by atoms with Crippen molar-refractivity contribution in [2.75, 3.05) is 19.8 Å². The van der Waals surface area contributed by atoms with Crippen molar-refractivity contribution in [2.45, 2.75) is 32.5 Å². The molecule has 0 fully saturated rings. The molecule has 3 N–H and O–H groups in total. The van der Waals surface area contributed by atoms with E-state index in [9.17, 15) is 18.0 Å². The van der Waals surface area contributed by atoms with Gasteiger partial charge in [-0.3, -0.25) is 19.6 Å². The number of fused-ring (bicyclic) bond motifs is 1. The minimum Gasteiger partial charge on any atom is -0.345 e. The molecule has 1 heterocycles. The molecule has 9 nitrogen and oxygen atoms in total. The van der Waals surface area contributed by atoms with Gasteiger partial charge in [-0.05, 0) is 31.5 Å². The molecule has 0 aliphatic heterocycles. The molecule has 1 atom stereocenters. The van der Waals surface area contributed by atoms with Gasteiger partial charge < -0.3 is 9.88 Å². The van der Waals surface area contributed by atoms with Crippen LogP contribution in [0.25, 0.3) is 10.9 Å². The van der Waals surface area contributed by atoms with Crippen LogP contribution in [0.3, 0.4) is 0 Å². The Labute approximate surface area is 164 Å². The highest BCUT2D eigenvalue weighted by atomic mass is 32.2. The maximum atomic E-state index is 12.3. The van der Waals surface area contributed by atoms with Gasteiger partial charge in [-0.1, -0.05) is 18.2 Å². The van der Waals surface area contributed by atoms with Crippen molar-refractivity contribution in [3.05, 3.63) is 36.0 Å². The molecule has 0 aliphatic rings. The van der Waals surface area contributed by atoms with Crippen molar-refractivity contribution in [2.24, 2.45) is 0 Å². The normalized spacial score (nSPS) is 13.0. The molecule has 154 valence electrons. The molecule has 0 spiro atoms. The summed E-state index contributed by atoms with van der Waals surface area (Å²) in [5, 5.41) is 5.35. The highest BCUT2D eigenvalue weighted by molar-refractivity contribution is 7.85. The van der Waals surface area contributed by atoms with Crippen molar-refractivity contribution in [3.63, 3.8) is 0 Å². The van der Waals surface area contributed by atoms with Gasteiger partial charge in [0.2, 0.25) is 5.91 Å². The molecule has 0 radical (unpaired) electrons. The third-order valence-corrected chi connectivity index (χ3v) is 5.20. The fourth-order valence-corrected chi connectivity index (χ4v) is 3.68. The summed E-state index contributed by atoms with van der Waals surface area (Å²) >= 11 is 0. The van der Waals surface area contributed by atoms with Crippen LogP contribution in [0.2, 0.25) is 0 Å². The summed E-state index contributed by atoms with van der Waals surface area (Å²) < 4.78 is 33.0. The third kappa shape index (κ3) is 6.13. The highest BCUT2D eigenvalue weighted by Gasteiger charge is 2.23. The second-order valence-electron chi connectivity index (χ2n) is 6.66. The lowest BCUT2D eigenvalue weighted by molar-refractivity contribution is -0.126. The van der Waals surface area contributed by atoms with Gasteiger partial charge in [-0.2, -0.15) is 8.42 Å². The van der Waals surface area contributed by atoms with Crippen molar-refractivity contribution in [1.29, 1.82) is 0 Å². The number of amides is 1. The number of nitrogens with zero attached hydrogens (tertiary/aromatic N) is 2. The zero-order valence-corrected chi connectivity index (χ0v) is 17.0. The average molecular weight is 410 g/mol. The van der Waals surface area contributed by atoms with E-state index in [1.54, 1.807) is 0 Å². The van der Waals surface area contributed by atoms with Gasteiger partial charge in [0.05, 0.1) is 6.54 Å². The second-order valence-corrected chi connectivity index (χ2v) is 8.15. The lowest BCUT2D eigenvalue weighted by Gasteiger charge is -2.18. The largest absolute Gasteiger partial charge is 0.345 e. The van der Waals surface area contributed by atoms with E-state index in [2.05, 4.69) is 16.8 Å². The van der Waals surface area contributed by atoms with E-state index in [4.69, 9.17) is 4.55 Å². The first-order valence-electron chi connectivity index (χ1n) is 8.81. The Hall–Kier alpha value is -2.27. The minimum absolute atomic E-state index is 0.0597. The molecule has 28 heavy (non-hydrogen) atoms.